The van der Waals surface area contributed by atoms with Crippen molar-refractivity contribution in [2.75, 3.05) is 66.6 Å². The molecule has 17 nitrogen and oxygen atoms in total. The average molecular weight is 490 g/mol. The Morgan fingerprint density at radius 3 is 1.79 bits per heavy atom. The quantitative estimate of drug-likeness (QED) is 0.140. The number of aliphatic hydroxyl groups excluding tert-OH is 3. The molecular formula is C17H30N8O9. The Morgan fingerprint density at radius 1 is 0.853 bits per heavy atom. The third-order valence-electron chi connectivity index (χ3n) is 4.33. The van der Waals surface area contributed by atoms with Gasteiger partial charge in [0.1, 0.15) is 32.6 Å². The molecule has 192 valence electrons. The molecule has 0 bridgehead atoms. The number of carbonyl (C=O) groups excluding carboxylic acids is 5. The van der Waals surface area contributed by atoms with Gasteiger partial charge in [0.25, 0.3) is 0 Å². The number of amides is 9. The maximum atomic E-state index is 12.9. The minimum absolute atomic E-state index is 0.0341. The Bertz CT molecular complexity index is 719. The van der Waals surface area contributed by atoms with Gasteiger partial charge in [-0.05, 0) is 0 Å². The molecule has 1 aliphatic rings. The summed E-state index contributed by atoms with van der Waals surface area (Å²) in [6.07, 6.45) is -0.833. The highest BCUT2D eigenvalue weighted by atomic mass is 16.6. The highest BCUT2D eigenvalue weighted by molar-refractivity contribution is 5.98. The fourth-order valence-electron chi connectivity index (χ4n) is 2.60. The molecule has 0 aromatic carbocycles. The monoisotopic (exact) mass is 490 g/mol. The van der Waals surface area contributed by atoms with E-state index in [0.717, 1.165) is 19.6 Å². The number of nitrogens with one attached hydrogen (secondary N) is 4. The van der Waals surface area contributed by atoms with Crippen LogP contribution in [0.1, 0.15) is 0 Å². The van der Waals surface area contributed by atoms with Gasteiger partial charge in [-0.25, -0.2) is 28.9 Å². The van der Waals surface area contributed by atoms with E-state index in [4.69, 9.17) is 20.1 Å². The molecule has 0 atom stereocenters. The number of urea groups is 4. The highest BCUT2D eigenvalue weighted by Crippen LogP contribution is 2.20. The minimum atomic E-state index is -0.833. The van der Waals surface area contributed by atoms with Crippen LogP contribution in [0.5, 0.6) is 0 Å². The van der Waals surface area contributed by atoms with E-state index in [1.54, 1.807) is 0 Å². The van der Waals surface area contributed by atoms with E-state index in [9.17, 15) is 24.0 Å². The second-order valence-corrected chi connectivity index (χ2v) is 6.57. The molecule has 9 amide bonds. The molecule has 0 saturated carbocycles. The Morgan fingerprint density at radius 2 is 1.32 bits per heavy atom. The van der Waals surface area contributed by atoms with E-state index < -0.39 is 50.4 Å². The maximum absolute atomic E-state index is 12.9. The molecule has 7 N–H and O–H groups in total. The van der Waals surface area contributed by atoms with Crippen LogP contribution in [0, 0.1) is 0 Å². The van der Waals surface area contributed by atoms with Gasteiger partial charge in [-0.3, -0.25) is 14.7 Å². The average Bonchev–Trinajstić information content (AvgIpc) is 2.80. The lowest BCUT2D eigenvalue weighted by Gasteiger charge is -2.42. The number of ether oxygens (including phenoxy) is 1. The lowest BCUT2D eigenvalue weighted by molar-refractivity contribution is 0.0636. The topological polar surface area (TPSA) is 216 Å². The number of imide groups is 1. The molecular weight excluding hydrogens is 460 g/mol. The Balaban J connectivity index is 2.88. The molecule has 1 fully saturated rings. The van der Waals surface area contributed by atoms with Crippen LogP contribution in [-0.4, -0.2) is 132 Å². The van der Waals surface area contributed by atoms with Crippen molar-refractivity contribution in [2.45, 2.75) is 0 Å². The molecule has 0 radical (unpaired) electrons. The van der Waals surface area contributed by atoms with Crippen molar-refractivity contribution in [3.63, 3.8) is 0 Å². The van der Waals surface area contributed by atoms with Crippen molar-refractivity contribution in [3.05, 3.63) is 12.4 Å². The molecule has 0 aliphatic carbocycles. The van der Waals surface area contributed by atoms with Gasteiger partial charge in [0.2, 0.25) is 0 Å². The van der Waals surface area contributed by atoms with Crippen molar-refractivity contribution in [1.82, 2.24) is 40.9 Å². The number of nitrogens with zero attached hydrogens (tertiary/aromatic N) is 4. The van der Waals surface area contributed by atoms with Crippen LogP contribution in [0.25, 0.3) is 0 Å². The van der Waals surface area contributed by atoms with Gasteiger partial charge in [-0.1, -0.05) is 6.58 Å². The second kappa shape index (κ2) is 14.3. The summed E-state index contributed by atoms with van der Waals surface area (Å²) < 4.78 is 4.96. The number of carbonyl (C=O) groups is 5. The molecule has 34 heavy (non-hydrogen) atoms. The minimum Gasteiger partial charge on any atom is -0.447 e. The van der Waals surface area contributed by atoms with Crippen LogP contribution in [0.2, 0.25) is 0 Å². The zero-order chi connectivity index (χ0) is 25.7. The zero-order valence-corrected chi connectivity index (χ0v) is 18.7. The summed E-state index contributed by atoms with van der Waals surface area (Å²) in [7, 11) is 1.30. The second-order valence-electron chi connectivity index (χ2n) is 6.57. The lowest BCUT2D eigenvalue weighted by Crippen LogP contribution is -2.61. The fourth-order valence-corrected chi connectivity index (χ4v) is 2.60. The van der Waals surface area contributed by atoms with E-state index in [-0.39, 0.29) is 45.2 Å². The van der Waals surface area contributed by atoms with Gasteiger partial charge in [0.05, 0.1) is 6.54 Å². The van der Waals surface area contributed by atoms with E-state index in [1.165, 1.54) is 7.05 Å². The number of hydrogen-bond donors (Lipinski definition) is 7. The number of aliphatic hydroxyl groups is 3. The predicted molar refractivity (Wildman–Crippen MR) is 113 cm³/mol. The first-order chi connectivity index (χ1) is 16.2. The zero-order valence-electron chi connectivity index (χ0n) is 18.7. The largest absolute Gasteiger partial charge is 0.447 e. The van der Waals surface area contributed by atoms with Crippen molar-refractivity contribution in [2.24, 2.45) is 0 Å². The summed E-state index contributed by atoms with van der Waals surface area (Å²) in [4.78, 5) is 64.3. The third kappa shape index (κ3) is 8.26. The van der Waals surface area contributed by atoms with Gasteiger partial charge < -0.3 is 41.3 Å². The first-order valence-electron chi connectivity index (χ1n) is 10.0. The Kier molecular flexibility index (Phi) is 11.9. The summed E-state index contributed by atoms with van der Waals surface area (Å²) in [5.41, 5.74) is 0. The van der Waals surface area contributed by atoms with Crippen molar-refractivity contribution < 1.29 is 44.0 Å². The molecule has 1 saturated heterocycles. The third-order valence-corrected chi connectivity index (χ3v) is 4.33. The number of hydrogen-bond acceptors (Lipinski definition) is 9. The van der Waals surface area contributed by atoms with Crippen molar-refractivity contribution >= 4 is 30.2 Å². The Labute approximate surface area is 194 Å². The molecule has 17 heteroatoms. The molecule has 1 heterocycles. The molecule has 1 aliphatic heterocycles. The van der Waals surface area contributed by atoms with E-state index in [1.807, 2.05) is 0 Å². The summed E-state index contributed by atoms with van der Waals surface area (Å²) in [5, 5.41) is 35.3. The number of rotatable bonds is 12. The summed E-state index contributed by atoms with van der Waals surface area (Å²) in [6.45, 7) is 1.01. The van der Waals surface area contributed by atoms with E-state index in [0.29, 0.717) is 0 Å². The lowest BCUT2D eigenvalue weighted by atomic mass is 10.3. The van der Waals surface area contributed by atoms with Gasteiger partial charge in [-0.2, -0.15) is 0 Å². The van der Waals surface area contributed by atoms with Crippen LogP contribution < -0.4 is 21.3 Å². The summed E-state index contributed by atoms with van der Waals surface area (Å²) in [5.74, 6) is -0.0341. The van der Waals surface area contributed by atoms with Crippen LogP contribution in [0.3, 0.4) is 0 Å². The smallest absolute Gasteiger partial charge is 0.411 e. The van der Waals surface area contributed by atoms with Crippen LogP contribution in [0.4, 0.5) is 24.0 Å². The first-order valence-corrected chi connectivity index (χ1v) is 10.0. The molecule has 0 aromatic heterocycles. The standard InChI is InChI=1S/C17H30N8O9/c1-12-23(5-3-18-13(29)20-9-26)15(31)25(6-4-19-14(30)21-10-27)16(32)24(12)7-8-34-17(33)22(2)11-28/h26-28H,1,3-11H2,2H3,(H2,18,20,29)(H2,19,21,30). The van der Waals surface area contributed by atoms with Crippen molar-refractivity contribution in [1.29, 1.82) is 0 Å². The summed E-state index contributed by atoms with van der Waals surface area (Å²) in [6, 6.07) is -2.94. The Hall–Kier alpha value is -3.83. The first kappa shape index (κ1) is 28.2. The normalized spacial score (nSPS) is 13.5. The molecule has 1 rings (SSSR count). The van der Waals surface area contributed by atoms with E-state index >= 15 is 0 Å². The molecule has 0 spiro atoms. The maximum Gasteiger partial charge on any atom is 0.411 e. The van der Waals surface area contributed by atoms with Crippen molar-refractivity contribution in [3.8, 4) is 0 Å². The summed E-state index contributed by atoms with van der Waals surface area (Å²) >= 11 is 0. The van der Waals surface area contributed by atoms with Crippen LogP contribution in [0.15, 0.2) is 12.4 Å². The van der Waals surface area contributed by atoms with E-state index in [2.05, 4.69) is 27.8 Å². The molecule has 0 aromatic rings. The van der Waals surface area contributed by atoms with Crippen LogP contribution in [-0.2, 0) is 4.74 Å². The fraction of sp³-hybridized carbons (Fsp3) is 0.588. The SMILES string of the molecule is C=C1N(CCNC(=O)NCO)C(=O)N(CCNC(=O)NCO)C(=O)N1CCOC(=O)N(C)CO. The molecule has 0 unspecified atom stereocenters. The van der Waals surface area contributed by atoms with Gasteiger partial charge in [0.15, 0.2) is 0 Å². The highest BCUT2D eigenvalue weighted by Gasteiger charge is 2.39. The van der Waals surface area contributed by atoms with Gasteiger partial charge >= 0.3 is 30.2 Å². The van der Waals surface area contributed by atoms with Gasteiger partial charge in [-0.15, -0.1) is 0 Å². The van der Waals surface area contributed by atoms with Crippen LogP contribution >= 0.6 is 0 Å². The van der Waals surface area contributed by atoms with Gasteiger partial charge in [0, 0.05) is 33.2 Å². The predicted octanol–water partition coefficient (Wildman–Crippen LogP) is -2.87.